The second kappa shape index (κ2) is 5.19. The molecule has 4 heteroatoms. The number of hydrogen-bond donors (Lipinski definition) is 2. The molecule has 2 nitrogen and oxygen atoms in total. The fourth-order valence-electron chi connectivity index (χ4n) is 0.918. The van der Waals surface area contributed by atoms with Gasteiger partial charge in [-0.3, -0.25) is 0 Å². The standard InChI is InChI=1S/C9H11BrN2S/c1-11-9(13)12-6-7-3-2-4-8(10)5-7/h2-5H,6H2,1H3,(H2,11,12,13). The van der Waals surface area contributed by atoms with Crippen molar-refractivity contribution in [3.63, 3.8) is 0 Å². The predicted octanol–water partition coefficient (Wildman–Crippen LogP) is 2.04. The Morgan fingerprint density at radius 3 is 2.92 bits per heavy atom. The van der Waals surface area contributed by atoms with E-state index < -0.39 is 0 Å². The Bertz CT molecular complexity index is 301. The molecule has 0 aliphatic heterocycles. The van der Waals surface area contributed by atoms with Gasteiger partial charge in [-0.2, -0.15) is 0 Å². The maximum Gasteiger partial charge on any atom is 0.166 e. The summed E-state index contributed by atoms with van der Waals surface area (Å²) in [6.07, 6.45) is 0. The lowest BCUT2D eigenvalue weighted by molar-refractivity contribution is 0.890. The maximum atomic E-state index is 4.95. The molecular formula is C9H11BrN2S. The number of hydrogen-bond acceptors (Lipinski definition) is 1. The highest BCUT2D eigenvalue weighted by molar-refractivity contribution is 9.10. The molecule has 0 bridgehead atoms. The summed E-state index contributed by atoms with van der Waals surface area (Å²) in [4.78, 5) is 0. The zero-order valence-corrected chi connectivity index (χ0v) is 9.71. The number of nitrogens with one attached hydrogen (secondary N) is 2. The first-order valence-corrected chi connectivity index (χ1v) is 5.12. The molecule has 0 fully saturated rings. The molecule has 0 radical (unpaired) electrons. The van der Waals surface area contributed by atoms with Gasteiger partial charge < -0.3 is 10.6 Å². The van der Waals surface area contributed by atoms with Crippen molar-refractivity contribution in [3.8, 4) is 0 Å². The molecule has 0 heterocycles. The molecule has 0 spiro atoms. The van der Waals surface area contributed by atoms with E-state index >= 15 is 0 Å². The van der Waals surface area contributed by atoms with Crippen LogP contribution in [0.4, 0.5) is 0 Å². The van der Waals surface area contributed by atoms with Crippen molar-refractivity contribution >= 4 is 33.3 Å². The van der Waals surface area contributed by atoms with Crippen LogP contribution in [-0.4, -0.2) is 12.2 Å². The Hall–Kier alpha value is -0.610. The van der Waals surface area contributed by atoms with Crippen molar-refractivity contribution in [3.05, 3.63) is 34.3 Å². The summed E-state index contributed by atoms with van der Waals surface area (Å²) in [5, 5.41) is 6.60. The van der Waals surface area contributed by atoms with Crippen LogP contribution in [0.25, 0.3) is 0 Å². The van der Waals surface area contributed by atoms with Crippen molar-refractivity contribution < 1.29 is 0 Å². The van der Waals surface area contributed by atoms with Gasteiger partial charge >= 0.3 is 0 Å². The minimum absolute atomic E-state index is 0.667. The Kier molecular flexibility index (Phi) is 4.18. The molecule has 0 aliphatic carbocycles. The van der Waals surface area contributed by atoms with Gasteiger partial charge in [0.1, 0.15) is 0 Å². The molecule has 70 valence electrons. The largest absolute Gasteiger partial charge is 0.366 e. The van der Waals surface area contributed by atoms with Gasteiger partial charge in [0, 0.05) is 18.1 Å². The highest BCUT2D eigenvalue weighted by Crippen LogP contribution is 2.11. The van der Waals surface area contributed by atoms with Crippen LogP contribution < -0.4 is 10.6 Å². The van der Waals surface area contributed by atoms with E-state index in [2.05, 4.69) is 38.7 Å². The molecule has 2 N–H and O–H groups in total. The molecule has 1 aromatic carbocycles. The summed E-state index contributed by atoms with van der Waals surface area (Å²) in [6, 6.07) is 8.12. The van der Waals surface area contributed by atoms with Crippen molar-refractivity contribution in [2.75, 3.05) is 7.05 Å². The molecule has 0 amide bonds. The third-order valence-electron chi connectivity index (χ3n) is 1.57. The minimum Gasteiger partial charge on any atom is -0.366 e. The normalized spacial score (nSPS) is 9.38. The third kappa shape index (κ3) is 3.74. The molecule has 1 aromatic rings. The molecular weight excluding hydrogens is 248 g/mol. The molecule has 0 unspecified atom stereocenters. The second-order valence-corrected chi connectivity index (χ2v) is 3.89. The summed E-state index contributed by atoms with van der Waals surface area (Å²) >= 11 is 8.36. The number of rotatable bonds is 2. The van der Waals surface area contributed by atoms with Crippen LogP contribution in [-0.2, 0) is 6.54 Å². The van der Waals surface area contributed by atoms with Crippen LogP contribution in [0.1, 0.15) is 5.56 Å². The zero-order valence-electron chi connectivity index (χ0n) is 7.30. The van der Waals surface area contributed by atoms with Gasteiger partial charge in [-0.25, -0.2) is 0 Å². The van der Waals surface area contributed by atoms with Gasteiger partial charge in [0.05, 0.1) is 0 Å². The molecule has 13 heavy (non-hydrogen) atoms. The van der Waals surface area contributed by atoms with E-state index in [4.69, 9.17) is 12.2 Å². The van der Waals surface area contributed by atoms with Crippen molar-refractivity contribution in [1.29, 1.82) is 0 Å². The van der Waals surface area contributed by atoms with E-state index in [1.165, 1.54) is 5.56 Å². The first kappa shape index (κ1) is 10.5. The summed E-state index contributed by atoms with van der Waals surface area (Å²) < 4.78 is 1.09. The van der Waals surface area contributed by atoms with E-state index in [1.807, 2.05) is 12.1 Å². The number of halogens is 1. The van der Waals surface area contributed by atoms with Crippen molar-refractivity contribution in [2.45, 2.75) is 6.54 Å². The fourth-order valence-corrected chi connectivity index (χ4v) is 1.44. The summed E-state index contributed by atoms with van der Waals surface area (Å²) in [5.41, 5.74) is 1.20. The van der Waals surface area contributed by atoms with Crippen LogP contribution in [0.15, 0.2) is 28.7 Å². The molecule has 0 atom stereocenters. The SMILES string of the molecule is CNC(=S)NCc1cccc(Br)c1. The lowest BCUT2D eigenvalue weighted by atomic mass is 10.2. The highest BCUT2D eigenvalue weighted by Gasteiger charge is 1.94. The highest BCUT2D eigenvalue weighted by atomic mass is 79.9. The van der Waals surface area contributed by atoms with E-state index in [0.29, 0.717) is 5.11 Å². The number of benzene rings is 1. The van der Waals surface area contributed by atoms with Crippen molar-refractivity contribution in [2.24, 2.45) is 0 Å². The van der Waals surface area contributed by atoms with Crippen LogP contribution in [0.2, 0.25) is 0 Å². The molecule has 0 aromatic heterocycles. The first-order valence-electron chi connectivity index (χ1n) is 3.92. The minimum atomic E-state index is 0.667. The Morgan fingerprint density at radius 1 is 1.54 bits per heavy atom. The Labute approximate surface area is 91.9 Å². The van der Waals surface area contributed by atoms with Gasteiger partial charge in [-0.15, -0.1) is 0 Å². The van der Waals surface area contributed by atoms with E-state index in [-0.39, 0.29) is 0 Å². The monoisotopic (exact) mass is 258 g/mol. The van der Waals surface area contributed by atoms with Gasteiger partial charge in [-0.05, 0) is 29.9 Å². The van der Waals surface area contributed by atoms with Gasteiger partial charge in [-0.1, -0.05) is 28.1 Å². The summed E-state index contributed by atoms with van der Waals surface area (Å²) in [7, 11) is 1.80. The van der Waals surface area contributed by atoms with Gasteiger partial charge in [0.25, 0.3) is 0 Å². The second-order valence-electron chi connectivity index (χ2n) is 2.56. The van der Waals surface area contributed by atoms with Gasteiger partial charge in [0.2, 0.25) is 0 Å². The third-order valence-corrected chi connectivity index (χ3v) is 2.41. The fraction of sp³-hybridized carbons (Fsp3) is 0.222. The van der Waals surface area contributed by atoms with Crippen LogP contribution in [0.3, 0.4) is 0 Å². The average molecular weight is 259 g/mol. The first-order chi connectivity index (χ1) is 6.22. The predicted molar refractivity (Wildman–Crippen MR) is 62.6 cm³/mol. The smallest absolute Gasteiger partial charge is 0.166 e. The Balaban J connectivity index is 2.50. The Morgan fingerprint density at radius 2 is 2.31 bits per heavy atom. The molecule has 0 aliphatic rings. The topological polar surface area (TPSA) is 24.1 Å². The van der Waals surface area contributed by atoms with Crippen LogP contribution in [0.5, 0.6) is 0 Å². The quantitative estimate of drug-likeness (QED) is 0.795. The van der Waals surface area contributed by atoms with E-state index in [1.54, 1.807) is 7.05 Å². The molecule has 1 rings (SSSR count). The maximum absolute atomic E-state index is 4.95. The zero-order chi connectivity index (χ0) is 9.68. The average Bonchev–Trinajstić information content (AvgIpc) is 2.14. The summed E-state index contributed by atoms with van der Waals surface area (Å²) in [6.45, 7) is 0.749. The lowest BCUT2D eigenvalue weighted by Crippen LogP contribution is -2.31. The van der Waals surface area contributed by atoms with Crippen LogP contribution >= 0.6 is 28.1 Å². The number of thiocarbonyl (C=S) groups is 1. The van der Waals surface area contributed by atoms with Crippen molar-refractivity contribution in [1.82, 2.24) is 10.6 Å². The van der Waals surface area contributed by atoms with E-state index in [9.17, 15) is 0 Å². The summed E-state index contributed by atoms with van der Waals surface area (Å²) in [5.74, 6) is 0. The van der Waals surface area contributed by atoms with E-state index in [0.717, 1.165) is 11.0 Å². The molecule has 0 saturated carbocycles. The lowest BCUT2D eigenvalue weighted by Gasteiger charge is -2.06. The van der Waals surface area contributed by atoms with Gasteiger partial charge in [0.15, 0.2) is 5.11 Å². The van der Waals surface area contributed by atoms with Crippen LogP contribution in [0, 0.1) is 0 Å². The molecule has 0 saturated heterocycles.